The zero-order valence-corrected chi connectivity index (χ0v) is 8.46. The van der Waals surface area contributed by atoms with Crippen molar-refractivity contribution in [3.05, 3.63) is 0 Å². The molecule has 0 aromatic heterocycles. The molecule has 0 atom stereocenters. The molecular weight excluding hydrogens is 152 g/mol. The Morgan fingerprint density at radius 3 is 1.83 bits per heavy atom. The second-order valence-electron chi connectivity index (χ2n) is 5.28. The van der Waals surface area contributed by atoms with Crippen LogP contribution in [0.2, 0.25) is 0 Å². The highest BCUT2D eigenvalue weighted by atomic mass is 16.3. The van der Waals surface area contributed by atoms with Crippen molar-refractivity contribution < 1.29 is 5.11 Å². The van der Waals surface area contributed by atoms with E-state index in [4.69, 9.17) is 5.84 Å². The maximum Gasteiger partial charge on any atom is 0.0667 e. The van der Waals surface area contributed by atoms with Crippen molar-refractivity contribution in [1.82, 2.24) is 5.01 Å². The van der Waals surface area contributed by atoms with Gasteiger partial charge in [-0.15, -0.1) is 0 Å². The molecule has 12 heavy (non-hydrogen) atoms. The molecule has 1 rings (SSSR count). The molecule has 1 aliphatic heterocycles. The summed E-state index contributed by atoms with van der Waals surface area (Å²) < 4.78 is 0. The van der Waals surface area contributed by atoms with E-state index in [1.165, 1.54) is 0 Å². The Labute approximate surface area is 74.5 Å². The standard InChI is InChI=1S/C9H20N2O/c1-8(2)5-11(10)6-9(3,4)7(8)12/h7,12H,5-6,10H2,1-4H3. The van der Waals surface area contributed by atoms with Crippen LogP contribution in [-0.4, -0.2) is 29.3 Å². The van der Waals surface area contributed by atoms with E-state index in [0.717, 1.165) is 13.1 Å². The maximum atomic E-state index is 10.0. The predicted molar refractivity (Wildman–Crippen MR) is 49.3 cm³/mol. The Kier molecular flexibility index (Phi) is 2.23. The highest BCUT2D eigenvalue weighted by Crippen LogP contribution is 2.38. The van der Waals surface area contributed by atoms with E-state index < -0.39 is 0 Å². The number of hydrogen-bond donors (Lipinski definition) is 2. The molecular formula is C9H20N2O. The molecule has 0 spiro atoms. The first-order chi connectivity index (χ1) is 5.26. The molecule has 0 saturated carbocycles. The summed E-state index contributed by atoms with van der Waals surface area (Å²) in [6, 6.07) is 0. The van der Waals surface area contributed by atoms with Gasteiger partial charge in [0.1, 0.15) is 0 Å². The van der Waals surface area contributed by atoms with Crippen LogP contribution < -0.4 is 5.84 Å². The normalized spacial score (nSPS) is 30.5. The SMILES string of the molecule is CC1(C)CN(N)CC(C)(C)C1O. The molecule has 0 radical (unpaired) electrons. The minimum Gasteiger partial charge on any atom is -0.392 e. The third-order valence-electron chi connectivity index (χ3n) is 2.70. The summed E-state index contributed by atoms with van der Waals surface area (Å²) >= 11 is 0. The van der Waals surface area contributed by atoms with Crippen molar-refractivity contribution in [2.75, 3.05) is 13.1 Å². The zero-order valence-electron chi connectivity index (χ0n) is 8.46. The van der Waals surface area contributed by atoms with Crippen LogP contribution in [0.4, 0.5) is 0 Å². The molecule has 72 valence electrons. The van der Waals surface area contributed by atoms with Crippen LogP contribution in [0.3, 0.4) is 0 Å². The molecule has 1 saturated heterocycles. The number of hydrazine groups is 1. The molecule has 0 bridgehead atoms. The van der Waals surface area contributed by atoms with Crippen LogP contribution >= 0.6 is 0 Å². The summed E-state index contributed by atoms with van der Waals surface area (Å²) in [7, 11) is 0. The lowest BCUT2D eigenvalue weighted by atomic mass is 9.69. The Bertz CT molecular complexity index is 159. The number of aliphatic hydroxyl groups excluding tert-OH is 1. The Hall–Kier alpha value is -0.120. The second-order valence-corrected chi connectivity index (χ2v) is 5.28. The van der Waals surface area contributed by atoms with Crippen molar-refractivity contribution in [2.24, 2.45) is 16.7 Å². The van der Waals surface area contributed by atoms with Crippen LogP contribution in [0.1, 0.15) is 27.7 Å². The molecule has 0 aromatic carbocycles. The van der Waals surface area contributed by atoms with Gasteiger partial charge in [-0.1, -0.05) is 27.7 Å². The largest absolute Gasteiger partial charge is 0.392 e. The Morgan fingerprint density at radius 2 is 1.50 bits per heavy atom. The van der Waals surface area contributed by atoms with Crippen LogP contribution in [0.25, 0.3) is 0 Å². The molecule has 3 nitrogen and oxygen atoms in total. The number of piperidine rings is 1. The van der Waals surface area contributed by atoms with E-state index in [1.54, 1.807) is 5.01 Å². The number of rotatable bonds is 0. The molecule has 0 amide bonds. The Balaban J connectivity index is 2.84. The quantitative estimate of drug-likeness (QED) is 0.526. The number of nitrogens with two attached hydrogens (primary N) is 1. The summed E-state index contributed by atoms with van der Waals surface area (Å²) in [6.45, 7) is 9.74. The summed E-state index contributed by atoms with van der Waals surface area (Å²) in [6.07, 6.45) is -0.273. The lowest BCUT2D eigenvalue weighted by Crippen LogP contribution is -2.60. The van der Waals surface area contributed by atoms with Gasteiger partial charge in [-0.2, -0.15) is 0 Å². The van der Waals surface area contributed by atoms with Gasteiger partial charge in [-0.25, -0.2) is 5.01 Å². The molecule has 1 aliphatic rings. The van der Waals surface area contributed by atoms with E-state index in [0.29, 0.717) is 0 Å². The van der Waals surface area contributed by atoms with E-state index in [9.17, 15) is 5.11 Å². The number of hydrogen-bond acceptors (Lipinski definition) is 3. The average molecular weight is 172 g/mol. The second kappa shape index (κ2) is 2.69. The van der Waals surface area contributed by atoms with Crippen molar-refractivity contribution in [3.8, 4) is 0 Å². The van der Waals surface area contributed by atoms with Gasteiger partial charge in [0.05, 0.1) is 6.10 Å². The van der Waals surface area contributed by atoms with Gasteiger partial charge >= 0.3 is 0 Å². The maximum absolute atomic E-state index is 10.0. The molecule has 0 unspecified atom stereocenters. The minimum atomic E-state index is -0.273. The highest BCUT2D eigenvalue weighted by molar-refractivity contribution is 4.95. The van der Waals surface area contributed by atoms with Crippen LogP contribution in [0.15, 0.2) is 0 Å². The summed E-state index contributed by atoms with van der Waals surface area (Å²) in [5.74, 6) is 5.77. The first kappa shape index (κ1) is 9.96. The van der Waals surface area contributed by atoms with Crippen LogP contribution in [0, 0.1) is 10.8 Å². The van der Waals surface area contributed by atoms with E-state index in [1.807, 2.05) is 0 Å². The van der Waals surface area contributed by atoms with E-state index in [2.05, 4.69) is 27.7 Å². The third kappa shape index (κ3) is 1.63. The van der Waals surface area contributed by atoms with Gasteiger partial charge in [-0.3, -0.25) is 5.84 Å². The molecule has 3 heteroatoms. The predicted octanol–water partition coefficient (Wildman–Crippen LogP) is 0.589. The van der Waals surface area contributed by atoms with Crippen molar-refractivity contribution >= 4 is 0 Å². The molecule has 1 heterocycles. The van der Waals surface area contributed by atoms with Crippen LogP contribution in [-0.2, 0) is 0 Å². The van der Waals surface area contributed by atoms with Crippen molar-refractivity contribution in [3.63, 3.8) is 0 Å². The van der Waals surface area contributed by atoms with Gasteiger partial charge in [0, 0.05) is 23.9 Å². The average Bonchev–Trinajstić information content (AvgIpc) is 1.80. The van der Waals surface area contributed by atoms with Gasteiger partial charge in [0.15, 0.2) is 0 Å². The lowest BCUT2D eigenvalue weighted by Gasteiger charge is -2.49. The summed E-state index contributed by atoms with van der Waals surface area (Å²) in [5.41, 5.74) is -0.201. The number of aliphatic hydroxyl groups is 1. The zero-order chi connectivity index (χ0) is 9.57. The van der Waals surface area contributed by atoms with Crippen molar-refractivity contribution in [2.45, 2.75) is 33.8 Å². The number of nitrogens with zero attached hydrogens (tertiary/aromatic N) is 1. The van der Waals surface area contributed by atoms with Gasteiger partial charge in [-0.05, 0) is 0 Å². The van der Waals surface area contributed by atoms with Gasteiger partial charge in [0.25, 0.3) is 0 Å². The molecule has 1 fully saturated rings. The first-order valence-corrected chi connectivity index (χ1v) is 4.43. The van der Waals surface area contributed by atoms with E-state index >= 15 is 0 Å². The third-order valence-corrected chi connectivity index (χ3v) is 2.70. The van der Waals surface area contributed by atoms with Gasteiger partial charge < -0.3 is 5.11 Å². The monoisotopic (exact) mass is 172 g/mol. The Morgan fingerprint density at radius 1 is 1.17 bits per heavy atom. The van der Waals surface area contributed by atoms with Crippen molar-refractivity contribution in [1.29, 1.82) is 0 Å². The summed E-state index contributed by atoms with van der Waals surface area (Å²) in [5, 5.41) is 11.8. The van der Waals surface area contributed by atoms with E-state index in [-0.39, 0.29) is 16.9 Å². The minimum absolute atomic E-state index is 0.101. The summed E-state index contributed by atoms with van der Waals surface area (Å²) in [4.78, 5) is 0. The fourth-order valence-electron chi connectivity index (χ4n) is 2.33. The smallest absolute Gasteiger partial charge is 0.0667 e. The lowest BCUT2D eigenvalue weighted by molar-refractivity contribution is -0.108. The highest BCUT2D eigenvalue weighted by Gasteiger charge is 2.45. The molecule has 0 aromatic rings. The fourth-order valence-corrected chi connectivity index (χ4v) is 2.33. The molecule has 3 N–H and O–H groups in total. The van der Waals surface area contributed by atoms with Gasteiger partial charge in [0.2, 0.25) is 0 Å². The van der Waals surface area contributed by atoms with Crippen LogP contribution in [0.5, 0.6) is 0 Å². The first-order valence-electron chi connectivity index (χ1n) is 4.43. The fraction of sp³-hybridized carbons (Fsp3) is 1.00. The topological polar surface area (TPSA) is 49.5 Å². The molecule has 0 aliphatic carbocycles.